The number of hydrogen-bond acceptors (Lipinski definition) is 6. The van der Waals surface area contributed by atoms with Crippen LogP contribution in [0.1, 0.15) is 66.5 Å². The molecule has 9 nitrogen and oxygen atoms in total. The second-order valence-electron chi connectivity index (χ2n) is 12.0. The first-order valence-corrected chi connectivity index (χ1v) is 15.9. The molecule has 0 aliphatic carbocycles. The zero-order chi connectivity index (χ0) is 31.8. The number of nitrogens with zero attached hydrogens (tertiary/aromatic N) is 2. The van der Waals surface area contributed by atoms with Crippen molar-refractivity contribution in [1.82, 2.24) is 4.90 Å². The number of likely N-dealkylation sites (tertiary alicyclic amines) is 1. The summed E-state index contributed by atoms with van der Waals surface area (Å²) in [6.07, 6.45) is 2.75. The second kappa shape index (κ2) is 12.7. The minimum absolute atomic E-state index is 0.00412. The highest BCUT2D eigenvalue weighted by molar-refractivity contribution is 6.30. The van der Waals surface area contributed by atoms with E-state index in [0.29, 0.717) is 48.9 Å². The summed E-state index contributed by atoms with van der Waals surface area (Å²) in [5, 5.41) is 14.5. The Labute approximate surface area is 268 Å². The number of rotatable bonds is 9. The smallest absolute Gasteiger partial charge is 0.309 e. The van der Waals surface area contributed by atoms with Crippen LogP contribution in [-0.4, -0.2) is 54.2 Å². The predicted molar refractivity (Wildman–Crippen MR) is 172 cm³/mol. The molecule has 3 atom stereocenters. The largest absolute Gasteiger partial charge is 0.481 e. The third-order valence-electron chi connectivity index (χ3n) is 9.37. The molecule has 2 N–H and O–H groups in total. The number of carboxylic acid groups (broad SMARTS) is 1. The van der Waals surface area contributed by atoms with Gasteiger partial charge in [-0.1, -0.05) is 43.6 Å². The molecular formula is C35H38ClN3O6. The van der Waals surface area contributed by atoms with Gasteiger partial charge in [0.25, 0.3) is 0 Å². The number of aryl methyl sites for hydroxylation is 2. The summed E-state index contributed by atoms with van der Waals surface area (Å²) in [6.45, 7) is 7.10. The van der Waals surface area contributed by atoms with Crippen LogP contribution in [-0.2, 0) is 27.2 Å². The number of ether oxygens (including phenoxy) is 2. The molecule has 10 heteroatoms. The van der Waals surface area contributed by atoms with Gasteiger partial charge in [0.05, 0.1) is 12.5 Å². The van der Waals surface area contributed by atoms with Crippen molar-refractivity contribution in [3.8, 4) is 11.5 Å². The topological polar surface area (TPSA) is 108 Å². The maximum Gasteiger partial charge on any atom is 0.309 e. The Hall–Kier alpha value is -4.08. The van der Waals surface area contributed by atoms with Crippen molar-refractivity contribution in [3.05, 3.63) is 81.4 Å². The average molecular weight is 632 g/mol. The number of amides is 2. The summed E-state index contributed by atoms with van der Waals surface area (Å²) in [6, 6.07) is 14.5. The van der Waals surface area contributed by atoms with Crippen LogP contribution < -0.4 is 19.7 Å². The molecule has 2 saturated heterocycles. The third-order valence-corrected chi connectivity index (χ3v) is 9.59. The quantitative estimate of drug-likeness (QED) is 0.293. The van der Waals surface area contributed by atoms with Crippen molar-refractivity contribution in [2.45, 2.75) is 58.4 Å². The summed E-state index contributed by atoms with van der Waals surface area (Å²) in [7, 11) is 0. The summed E-state index contributed by atoms with van der Waals surface area (Å²) in [5.41, 5.74) is 5.95. The molecule has 3 aliphatic heterocycles. The van der Waals surface area contributed by atoms with E-state index in [1.54, 1.807) is 4.90 Å². The monoisotopic (exact) mass is 631 g/mol. The van der Waals surface area contributed by atoms with Gasteiger partial charge in [-0.3, -0.25) is 19.3 Å². The van der Waals surface area contributed by atoms with Crippen LogP contribution >= 0.6 is 11.6 Å². The van der Waals surface area contributed by atoms with Crippen LogP contribution in [0.2, 0.25) is 5.02 Å². The van der Waals surface area contributed by atoms with Crippen LogP contribution in [0.25, 0.3) is 0 Å². The van der Waals surface area contributed by atoms with Crippen molar-refractivity contribution in [3.63, 3.8) is 0 Å². The van der Waals surface area contributed by atoms with Crippen molar-refractivity contribution in [1.29, 1.82) is 0 Å². The Morgan fingerprint density at radius 1 is 1.04 bits per heavy atom. The van der Waals surface area contributed by atoms with Gasteiger partial charge >= 0.3 is 5.97 Å². The van der Waals surface area contributed by atoms with Crippen molar-refractivity contribution >= 4 is 40.8 Å². The molecule has 3 aromatic carbocycles. The SMILES string of the molecule is CCc1cc(Cl)cc(CC)c1NC(=O)CN1C[C@H](c2ccc3c(c2C)OCO3)C(C(=O)O)[C@@H]1c1ccc(N2CCCC2=O)cc1. The fourth-order valence-corrected chi connectivity index (χ4v) is 7.48. The van der Waals surface area contributed by atoms with Gasteiger partial charge in [0.1, 0.15) is 0 Å². The van der Waals surface area contributed by atoms with Gasteiger partial charge in [-0.15, -0.1) is 0 Å². The molecular weight excluding hydrogens is 594 g/mol. The number of carbonyl (C=O) groups excluding carboxylic acids is 2. The number of anilines is 2. The second-order valence-corrected chi connectivity index (χ2v) is 12.4. The standard InChI is InChI=1S/C35H38ClN3O6/c1-4-21-15-24(36)16-22(5-2)32(21)37-29(40)18-38-17-27(26-12-13-28-34(20(26)3)45-19-44-28)31(35(42)43)33(38)23-8-10-25(11-9-23)39-14-6-7-30(39)41/h8-13,15-16,27,31,33H,4-7,14,17-19H2,1-3H3,(H,37,40)(H,42,43)/t27-,31?,33+/m1/s1. The maximum absolute atomic E-state index is 13.8. The zero-order valence-electron chi connectivity index (χ0n) is 25.8. The molecule has 0 aromatic heterocycles. The van der Waals surface area contributed by atoms with Crippen molar-refractivity contribution in [2.75, 3.05) is 36.6 Å². The van der Waals surface area contributed by atoms with Gasteiger partial charge in [-0.05, 0) is 84.3 Å². The Kier molecular flexibility index (Phi) is 8.75. The number of carbonyl (C=O) groups is 3. The Bertz CT molecular complexity index is 1620. The molecule has 1 unspecified atom stereocenters. The number of aliphatic carboxylic acids is 1. The molecule has 45 heavy (non-hydrogen) atoms. The van der Waals surface area contributed by atoms with E-state index in [4.69, 9.17) is 21.1 Å². The van der Waals surface area contributed by atoms with E-state index < -0.39 is 23.8 Å². The minimum atomic E-state index is -0.942. The number of carboxylic acids is 1. The molecule has 3 aromatic rings. The van der Waals surface area contributed by atoms with E-state index in [1.807, 2.05) is 74.2 Å². The lowest BCUT2D eigenvalue weighted by Crippen LogP contribution is -2.35. The van der Waals surface area contributed by atoms with Gasteiger partial charge in [0.2, 0.25) is 18.6 Å². The first-order valence-electron chi connectivity index (χ1n) is 15.6. The molecule has 0 bridgehead atoms. The van der Waals surface area contributed by atoms with Crippen LogP contribution in [0.4, 0.5) is 11.4 Å². The van der Waals surface area contributed by atoms with Crippen molar-refractivity contribution < 1.29 is 29.0 Å². The molecule has 2 fully saturated rings. The Morgan fingerprint density at radius 2 is 1.76 bits per heavy atom. The summed E-state index contributed by atoms with van der Waals surface area (Å²) in [4.78, 5) is 43.0. The molecule has 6 rings (SSSR count). The van der Waals surface area contributed by atoms with Crippen molar-refractivity contribution in [2.24, 2.45) is 5.92 Å². The molecule has 0 saturated carbocycles. The molecule has 3 aliphatic rings. The Morgan fingerprint density at radius 3 is 2.38 bits per heavy atom. The zero-order valence-corrected chi connectivity index (χ0v) is 26.5. The highest BCUT2D eigenvalue weighted by atomic mass is 35.5. The molecule has 2 amide bonds. The third kappa shape index (κ3) is 5.87. The van der Waals surface area contributed by atoms with E-state index >= 15 is 0 Å². The number of fused-ring (bicyclic) bond motifs is 1. The van der Waals surface area contributed by atoms with E-state index in [1.165, 1.54) is 0 Å². The molecule has 0 spiro atoms. The molecule has 0 radical (unpaired) electrons. The van der Waals surface area contributed by atoms with Crippen LogP contribution in [0, 0.1) is 12.8 Å². The highest BCUT2D eigenvalue weighted by Crippen LogP contribution is 2.49. The first kappa shape index (κ1) is 30.9. The van der Waals surface area contributed by atoms with Crippen LogP contribution in [0.15, 0.2) is 48.5 Å². The van der Waals surface area contributed by atoms with Crippen LogP contribution in [0.3, 0.4) is 0 Å². The predicted octanol–water partition coefficient (Wildman–Crippen LogP) is 6.11. The number of hydrogen-bond donors (Lipinski definition) is 2. The molecule has 236 valence electrons. The summed E-state index contributed by atoms with van der Waals surface area (Å²) >= 11 is 6.35. The highest BCUT2D eigenvalue weighted by Gasteiger charge is 2.48. The summed E-state index contributed by atoms with van der Waals surface area (Å²) < 4.78 is 11.3. The first-order chi connectivity index (χ1) is 21.7. The normalized spacial score (nSPS) is 21.0. The van der Waals surface area contributed by atoms with Gasteiger partial charge in [-0.25, -0.2) is 0 Å². The number of nitrogens with one attached hydrogen (secondary N) is 1. The van der Waals surface area contributed by atoms with Gasteiger partial charge in [-0.2, -0.15) is 0 Å². The van der Waals surface area contributed by atoms with Gasteiger partial charge in [0, 0.05) is 47.9 Å². The fraction of sp³-hybridized carbons (Fsp3) is 0.400. The number of benzene rings is 3. The average Bonchev–Trinajstić information content (AvgIpc) is 3.77. The van der Waals surface area contributed by atoms with Gasteiger partial charge < -0.3 is 24.8 Å². The van der Waals surface area contributed by atoms with Crippen LogP contribution in [0.5, 0.6) is 11.5 Å². The molecule has 3 heterocycles. The lowest BCUT2D eigenvalue weighted by molar-refractivity contribution is -0.143. The number of halogens is 1. The maximum atomic E-state index is 13.8. The Balaban J connectivity index is 1.36. The summed E-state index contributed by atoms with van der Waals surface area (Å²) in [5.74, 6) is -1.06. The van der Waals surface area contributed by atoms with E-state index in [2.05, 4.69) is 5.32 Å². The van der Waals surface area contributed by atoms with E-state index in [-0.39, 0.29) is 25.2 Å². The lowest BCUT2D eigenvalue weighted by Gasteiger charge is -2.28. The lowest BCUT2D eigenvalue weighted by atomic mass is 9.81. The minimum Gasteiger partial charge on any atom is -0.481 e. The van der Waals surface area contributed by atoms with E-state index in [0.717, 1.165) is 45.6 Å². The van der Waals surface area contributed by atoms with Gasteiger partial charge in [0.15, 0.2) is 11.5 Å². The van der Waals surface area contributed by atoms with E-state index in [9.17, 15) is 19.5 Å². The fourth-order valence-electron chi connectivity index (χ4n) is 7.21.